The van der Waals surface area contributed by atoms with Gasteiger partial charge in [-0.25, -0.2) is 18.0 Å². The normalized spacial score (nSPS) is 11.1. The summed E-state index contributed by atoms with van der Waals surface area (Å²) in [6.07, 6.45) is 0. The molecule has 0 spiro atoms. The van der Waals surface area contributed by atoms with Gasteiger partial charge in [-0.15, -0.1) is 0 Å². The Bertz CT molecular complexity index is 1280. The SMILES string of the molecule is Cc1ccc(S(=O)(=O)N(C(=O)NC(=O)Nc2c(C)cc(C)cc2C)c2ccc(Cl)cc2)cc1. The van der Waals surface area contributed by atoms with Crippen LogP contribution in [0.3, 0.4) is 0 Å². The van der Waals surface area contributed by atoms with E-state index in [1.807, 2.05) is 39.8 Å². The molecule has 0 radical (unpaired) electrons. The molecule has 0 heterocycles. The number of amides is 4. The third-order valence-corrected chi connectivity index (χ3v) is 6.92. The number of halogens is 1. The fourth-order valence-corrected chi connectivity index (χ4v) is 4.91. The minimum atomic E-state index is -4.33. The number of carbonyl (C=O) groups is 2. The molecule has 0 aliphatic carbocycles. The van der Waals surface area contributed by atoms with Crippen LogP contribution in [0, 0.1) is 27.7 Å². The first-order chi connectivity index (χ1) is 15.5. The van der Waals surface area contributed by atoms with Crippen molar-refractivity contribution < 1.29 is 18.0 Å². The third kappa shape index (κ3) is 5.53. The van der Waals surface area contributed by atoms with Crippen molar-refractivity contribution >= 4 is 45.1 Å². The number of hydrogen-bond donors (Lipinski definition) is 2. The Balaban J connectivity index is 1.94. The predicted molar refractivity (Wildman–Crippen MR) is 130 cm³/mol. The average Bonchev–Trinajstić information content (AvgIpc) is 2.72. The number of sulfonamides is 1. The summed E-state index contributed by atoms with van der Waals surface area (Å²) in [5.74, 6) is 0. The third-order valence-electron chi connectivity index (χ3n) is 4.94. The number of rotatable bonds is 4. The van der Waals surface area contributed by atoms with E-state index in [1.54, 1.807) is 12.1 Å². The number of aryl methyl sites for hydroxylation is 4. The van der Waals surface area contributed by atoms with Gasteiger partial charge >= 0.3 is 12.1 Å². The summed E-state index contributed by atoms with van der Waals surface area (Å²) in [4.78, 5) is 25.6. The molecule has 0 bridgehead atoms. The van der Waals surface area contributed by atoms with E-state index in [4.69, 9.17) is 11.6 Å². The van der Waals surface area contributed by atoms with E-state index in [1.165, 1.54) is 36.4 Å². The van der Waals surface area contributed by atoms with Crippen LogP contribution in [0.15, 0.2) is 65.6 Å². The number of hydrogen-bond acceptors (Lipinski definition) is 4. The number of nitrogens with one attached hydrogen (secondary N) is 2. The average molecular weight is 486 g/mol. The molecule has 7 nitrogen and oxygen atoms in total. The molecule has 2 N–H and O–H groups in total. The Labute approximate surface area is 198 Å². The van der Waals surface area contributed by atoms with Crippen LogP contribution in [0.5, 0.6) is 0 Å². The summed E-state index contributed by atoms with van der Waals surface area (Å²) in [5.41, 5.74) is 4.11. The van der Waals surface area contributed by atoms with Gasteiger partial charge in [0.25, 0.3) is 10.0 Å². The van der Waals surface area contributed by atoms with Crippen molar-refractivity contribution in [3.8, 4) is 0 Å². The van der Waals surface area contributed by atoms with Crippen molar-refractivity contribution in [2.24, 2.45) is 0 Å². The van der Waals surface area contributed by atoms with Gasteiger partial charge in [-0.05, 0) is 75.2 Å². The quantitative estimate of drug-likeness (QED) is 0.494. The number of benzene rings is 3. The molecular formula is C24H24ClN3O4S. The van der Waals surface area contributed by atoms with E-state index in [-0.39, 0.29) is 10.6 Å². The van der Waals surface area contributed by atoms with Crippen LogP contribution in [0.25, 0.3) is 0 Å². The van der Waals surface area contributed by atoms with E-state index >= 15 is 0 Å². The second-order valence-corrected chi connectivity index (χ2v) is 9.94. The van der Waals surface area contributed by atoms with Gasteiger partial charge in [0, 0.05) is 10.7 Å². The van der Waals surface area contributed by atoms with E-state index in [2.05, 4.69) is 10.6 Å². The molecule has 3 rings (SSSR count). The Morgan fingerprint density at radius 2 is 1.36 bits per heavy atom. The topological polar surface area (TPSA) is 95.6 Å². The van der Waals surface area contributed by atoms with Crippen LogP contribution in [-0.4, -0.2) is 20.5 Å². The lowest BCUT2D eigenvalue weighted by atomic mass is 10.1. The van der Waals surface area contributed by atoms with Gasteiger partial charge in [0.05, 0.1) is 10.6 Å². The summed E-state index contributed by atoms with van der Waals surface area (Å²) in [5, 5.41) is 5.13. The first-order valence-corrected chi connectivity index (χ1v) is 11.9. The zero-order valence-corrected chi connectivity index (χ0v) is 20.2. The van der Waals surface area contributed by atoms with Gasteiger partial charge in [-0.1, -0.05) is 47.0 Å². The zero-order chi connectivity index (χ0) is 24.3. The van der Waals surface area contributed by atoms with Crippen LogP contribution < -0.4 is 14.9 Å². The Kier molecular flexibility index (Phi) is 7.09. The number of imide groups is 1. The Hall–Kier alpha value is -3.36. The first kappa shape index (κ1) is 24.3. The molecule has 33 heavy (non-hydrogen) atoms. The van der Waals surface area contributed by atoms with E-state index < -0.39 is 22.1 Å². The van der Waals surface area contributed by atoms with Crippen LogP contribution in [0.2, 0.25) is 5.02 Å². The second kappa shape index (κ2) is 9.64. The lowest BCUT2D eigenvalue weighted by Crippen LogP contribution is -2.47. The van der Waals surface area contributed by atoms with Crippen LogP contribution >= 0.6 is 11.6 Å². The molecule has 0 aliphatic heterocycles. The first-order valence-electron chi connectivity index (χ1n) is 10.1. The lowest BCUT2D eigenvalue weighted by Gasteiger charge is -2.23. The van der Waals surface area contributed by atoms with Gasteiger partial charge in [0.1, 0.15) is 0 Å². The van der Waals surface area contributed by atoms with Crippen molar-refractivity contribution in [2.75, 3.05) is 9.62 Å². The van der Waals surface area contributed by atoms with Gasteiger partial charge in [-0.2, -0.15) is 4.31 Å². The Morgan fingerprint density at radius 1 is 0.818 bits per heavy atom. The highest BCUT2D eigenvalue weighted by atomic mass is 35.5. The minimum Gasteiger partial charge on any atom is -0.307 e. The predicted octanol–water partition coefficient (Wildman–Crippen LogP) is 5.71. The molecule has 3 aromatic rings. The van der Waals surface area contributed by atoms with Crippen LogP contribution in [-0.2, 0) is 10.0 Å². The van der Waals surface area contributed by atoms with Crippen molar-refractivity contribution in [2.45, 2.75) is 32.6 Å². The number of nitrogens with zero attached hydrogens (tertiary/aromatic N) is 1. The second-order valence-electron chi connectivity index (χ2n) is 7.72. The maximum atomic E-state index is 13.4. The van der Waals surface area contributed by atoms with Gasteiger partial charge in [0.2, 0.25) is 0 Å². The molecule has 0 aliphatic rings. The smallest absolute Gasteiger partial charge is 0.307 e. The summed E-state index contributed by atoms with van der Waals surface area (Å²) < 4.78 is 27.3. The zero-order valence-electron chi connectivity index (χ0n) is 18.6. The summed E-state index contributed by atoms with van der Waals surface area (Å²) >= 11 is 5.93. The highest BCUT2D eigenvalue weighted by Gasteiger charge is 2.32. The van der Waals surface area contributed by atoms with Crippen LogP contribution in [0.4, 0.5) is 21.0 Å². The van der Waals surface area contributed by atoms with E-state index in [9.17, 15) is 18.0 Å². The fourth-order valence-electron chi connectivity index (χ4n) is 3.43. The largest absolute Gasteiger partial charge is 0.344 e. The van der Waals surface area contributed by atoms with Crippen molar-refractivity contribution in [1.82, 2.24) is 5.32 Å². The number of urea groups is 2. The molecule has 172 valence electrons. The number of anilines is 2. The highest BCUT2D eigenvalue weighted by molar-refractivity contribution is 7.93. The van der Waals surface area contributed by atoms with Gasteiger partial charge in [0.15, 0.2) is 0 Å². The molecule has 4 amide bonds. The van der Waals surface area contributed by atoms with Crippen molar-refractivity contribution in [1.29, 1.82) is 0 Å². The molecule has 0 saturated heterocycles. The maximum Gasteiger partial charge on any atom is 0.344 e. The minimum absolute atomic E-state index is 0.0352. The monoisotopic (exact) mass is 485 g/mol. The molecule has 0 atom stereocenters. The summed E-state index contributed by atoms with van der Waals surface area (Å²) in [6.45, 7) is 7.42. The molecule has 0 saturated carbocycles. The summed E-state index contributed by atoms with van der Waals surface area (Å²) in [7, 11) is -4.33. The highest BCUT2D eigenvalue weighted by Crippen LogP contribution is 2.26. The summed E-state index contributed by atoms with van der Waals surface area (Å²) in [6, 6.07) is 13.6. The molecule has 9 heteroatoms. The van der Waals surface area contributed by atoms with Gasteiger partial charge in [-0.3, -0.25) is 5.32 Å². The molecule has 0 fully saturated rings. The Morgan fingerprint density at radius 3 is 1.91 bits per heavy atom. The standard InChI is InChI=1S/C24H24ClN3O4S/c1-15-5-11-21(12-6-15)33(31,32)28(20-9-7-19(25)8-10-20)24(30)27-23(29)26-22-17(3)13-16(2)14-18(22)4/h5-14H,1-4H3,(H2,26,27,29,30). The fraction of sp³-hybridized carbons (Fsp3) is 0.167. The van der Waals surface area contributed by atoms with E-state index in [0.29, 0.717) is 15.0 Å². The molecular weight excluding hydrogens is 462 g/mol. The number of carbonyl (C=O) groups excluding carboxylic acids is 2. The van der Waals surface area contributed by atoms with E-state index in [0.717, 1.165) is 22.3 Å². The van der Waals surface area contributed by atoms with Crippen LogP contribution in [0.1, 0.15) is 22.3 Å². The van der Waals surface area contributed by atoms with Crippen molar-refractivity contribution in [3.63, 3.8) is 0 Å². The van der Waals surface area contributed by atoms with Crippen molar-refractivity contribution in [3.05, 3.63) is 87.9 Å². The lowest BCUT2D eigenvalue weighted by molar-refractivity contribution is 0.238. The van der Waals surface area contributed by atoms with Gasteiger partial charge < -0.3 is 5.32 Å². The maximum absolute atomic E-state index is 13.4. The molecule has 0 aromatic heterocycles. The molecule has 3 aromatic carbocycles. The molecule has 0 unspecified atom stereocenters.